The molecule has 0 radical (unpaired) electrons. The Balaban J connectivity index is 2.07. The van der Waals surface area contributed by atoms with Crippen molar-refractivity contribution in [2.24, 2.45) is 5.92 Å². The summed E-state index contributed by atoms with van der Waals surface area (Å²) < 4.78 is 13.6. The summed E-state index contributed by atoms with van der Waals surface area (Å²) in [6.07, 6.45) is 5.54. The molecule has 0 bridgehead atoms. The van der Waals surface area contributed by atoms with Gasteiger partial charge in [0.1, 0.15) is 5.82 Å². The SMILES string of the molecule is Cc1ccc(C(C)NC2CCCCCC2C#N)cc1F. The van der Waals surface area contributed by atoms with Gasteiger partial charge in [0, 0.05) is 12.1 Å². The van der Waals surface area contributed by atoms with Gasteiger partial charge in [0.25, 0.3) is 0 Å². The van der Waals surface area contributed by atoms with Crippen molar-refractivity contribution in [2.45, 2.75) is 58.0 Å². The fourth-order valence-electron chi connectivity index (χ4n) is 2.96. The Morgan fingerprint density at radius 1 is 1.30 bits per heavy atom. The van der Waals surface area contributed by atoms with Gasteiger partial charge in [0.15, 0.2) is 0 Å². The second-order valence-electron chi connectivity index (χ2n) is 5.88. The fourth-order valence-corrected chi connectivity index (χ4v) is 2.96. The summed E-state index contributed by atoms with van der Waals surface area (Å²) >= 11 is 0. The van der Waals surface area contributed by atoms with Gasteiger partial charge in [-0.15, -0.1) is 0 Å². The molecule has 0 heterocycles. The first-order valence-electron chi connectivity index (χ1n) is 7.53. The summed E-state index contributed by atoms with van der Waals surface area (Å²) in [4.78, 5) is 0. The van der Waals surface area contributed by atoms with E-state index in [2.05, 4.69) is 11.4 Å². The van der Waals surface area contributed by atoms with Crippen LogP contribution in [-0.2, 0) is 0 Å². The molecule has 108 valence electrons. The lowest BCUT2D eigenvalue weighted by atomic mass is 9.94. The number of hydrogen-bond donors (Lipinski definition) is 1. The van der Waals surface area contributed by atoms with Crippen LogP contribution in [0.3, 0.4) is 0 Å². The van der Waals surface area contributed by atoms with Crippen LogP contribution in [0.5, 0.6) is 0 Å². The van der Waals surface area contributed by atoms with Crippen molar-refractivity contribution in [3.8, 4) is 6.07 Å². The Labute approximate surface area is 121 Å². The summed E-state index contributed by atoms with van der Waals surface area (Å²) in [6, 6.07) is 8.12. The van der Waals surface area contributed by atoms with Gasteiger partial charge in [-0.2, -0.15) is 5.26 Å². The molecule has 2 nitrogen and oxygen atoms in total. The molecule has 0 aliphatic heterocycles. The molecule has 0 aromatic heterocycles. The first kappa shape index (κ1) is 15.0. The van der Waals surface area contributed by atoms with E-state index in [0.29, 0.717) is 5.56 Å². The van der Waals surface area contributed by atoms with E-state index in [-0.39, 0.29) is 23.8 Å². The Morgan fingerprint density at radius 2 is 2.05 bits per heavy atom. The quantitative estimate of drug-likeness (QED) is 0.836. The van der Waals surface area contributed by atoms with Crippen molar-refractivity contribution in [3.63, 3.8) is 0 Å². The molecule has 0 spiro atoms. The molecule has 0 amide bonds. The first-order chi connectivity index (χ1) is 9.61. The van der Waals surface area contributed by atoms with E-state index in [1.54, 1.807) is 13.0 Å². The highest BCUT2D eigenvalue weighted by Crippen LogP contribution is 2.26. The second-order valence-corrected chi connectivity index (χ2v) is 5.88. The number of nitrogens with zero attached hydrogens (tertiary/aromatic N) is 1. The zero-order valence-electron chi connectivity index (χ0n) is 12.3. The van der Waals surface area contributed by atoms with Crippen LogP contribution in [0, 0.1) is 30.0 Å². The van der Waals surface area contributed by atoms with Crippen LogP contribution in [0.25, 0.3) is 0 Å². The highest BCUT2D eigenvalue weighted by Gasteiger charge is 2.25. The normalized spacial score (nSPS) is 24.7. The van der Waals surface area contributed by atoms with Crippen LogP contribution in [0.4, 0.5) is 4.39 Å². The smallest absolute Gasteiger partial charge is 0.126 e. The number of aryl methyl sites for hydroxylation is 1. The summed E-state index contributed by atoms with van der Waals surface area (Å²) in [6.45, 7) is 3.82. The van der Waals surface area contributed by atoms with Crippen LogP contribution >= 0.6 is 0 Å². The van der Waals surface area contributed by atoms with Gasteiger partial charge in [-0.05, 0) is 43.9 Å². The average molecular weight is 274 g/mol. The van der Waals surface area contributed by atoms with Gasteiger partial charge < -0.3 is 5.32 Å². The van der Waals surface area contributed by atoms with E-state index in [4.69, 9.17) is 0 Å². The van der Waals surface area contributed by atoms with Gasteiger partial charge in [0.2, 0.25) is 0 Å². The lowest BCUT2D eigenvalue weighted by Crippen LogP contribution is -2.36. The molecular weight excluding hydrogens is 251 g/mol. The van der Waals surface area contributed by atoms with Gasteiger partial charge in [0.05, 0.1) is 12.0 Å². The van der Waals surface area contributed by atoms with Crippen LogP contribution in [0.1, 0.15) is 56.2 Å². The van der Waals surface area contributed by atoms with Gasteiger partial charge in [-0.1, -0.05) is 31.4 Å². The van der Waals surface area contributed by atoms with Crippen molar-refractivity contribution in [1.29, 1.82) is 5.26 Å². The second kappa shape index (κ2) is 6.85. The van der Waals surface area contributed by atoms with E-state index in [1.807, 2.05) is 19.1 Å². The van der Waals surface area contributed by atoms with Crippen molar-refractivity contribution in [2.75, 3.05) is 0 Å². The predicted molar refractivity (Wildman–Crippen MR) is 78.7 cm³/mol. The van der Waals surface area contributed by atoms with Crippen LogP contribution < -0.4 is 5.32 Å². The van der Waals surface area contributed by atoms with Crippen molar-refractivity contribution >= 4 is 0 Å². The van der Waals surface area contributed by atoms with Crippen LogP contribution in [-0.4, -0.2) is 6.04 Å². The Morgan fingerprint density at radius 3 is 2.75 bits per heavy atom. The minimum Gasteiger partial charge on any atom is -0.306 e. The molecule has 20 heavy (non-hydrogen) atoms. The number of benzene rings is 1. The molecule has 1 saturated carbocycles. The molecule has 1 aromatic rings. The third kappa shape index (κ3) is 3.58. The number of rotatable bonds is 3. The Kier molecular flexibility index (Phi) is 5.14. The lowest BCUT2D eigenvalue weighted by Gasteiger charge is -2.25. The van der Waals surface area contributed by atoms with E-state index < -0.39 is 0 Å². The number of hydrogen-bond acceptors (Lipinski definition) is 2. The largest absolute Gasteiger partial charge is 0.306 e. The third-order valence-corrected chi connectivity index (χ3v) is 4.34. The lowest BCUT2D eigenvalue weighted by molar-refractivity contribution is 0.361. The standard InChI is InChI=1S/C17H23FN2/c1-12-8-9-14(10-16(12)18)13(2)20-17-7-5-3-4-6-15(17)11-19/h8-10,13,15,17,20H,3-7H2,1-2H3. The van der Waals surface area contributed by atoms with E-state index in [1.165, 1.54) is 12.8 Å². The zero-order valence-corrected chi connectivity index (χ0v) is 12.3. The molecule has 2 rings (SSSR count). The monoisotopic (exact) mass is 274 g/mol. The molecule has 1 aromatic carbocycles. The zero-order chi connectivity index (χ0) is 14.5. The fraction of sp³-hybridized carbons (Fsp3) is 0.588. The van der Waals surface area contributed by atoms with Crippen molar-refractivity contribution in [3.05, 3.63) is 35.1 Å². The maximum atomic E-state index is 13.6. The highest BCUT2D eigenvalue weighted by atomic mass is 19.1. The Hall–Kier alpha value is -1.40. The molecule has 3 unspecified atom stereocenters. The molecule has 1 aliphatic rings. The minimum atomic E-state index is -0.158. The van der Waals surface area contributed by atoms with E-state index in [9.17, 15) is 9.65 Å². The van der Waals surface area contributed by atoms with Gasteiger partial charge >= 0.3 is 0 Å². The summed E-state index contributed by atoms with van der Waals surface area (Å²) in [7, 11) is 0. The molecule has 3 atom stereocenters. The number of nitriles is 1. The molecule has 0 saturated heterocycles. The summed E-state index contributed by atoms with van der Waals surface area (Å²) in [5, 5.41) is 12.8. The van der Waals surface area contributed by atoms with Gasteiger partial charge in [-0.3, -0.25) is 0 Å². The molecule has 1 fully saturated rings. The predicted octanol–water partition coefficient (Wildman–Crippen LogP) is 4.26. The molecule has 1 N–H and O–H groups in total. The summed E-state index contributed by atoms with van der Waals surface area (Å²) in [5.74, 6) is -0.0795. The molecule has 1 aliphatic carbocycles. The highest BCUT2D eigenvalue weighted by molar-refractivity contribution is 5.25. The third-order valence-electron chi connectivity index (χ3n) is 4.34. The minimum absolute atomic E-state index is 0.0732. The molecular formula is C17H23FN2. The maximum absolute atomic E-state index is 13.6. The van der Waals surface area contributed by atoms with Crippen LogP contribution in [0.15, 0.2) is 18.2 Å². The van der Waals surface area contributed by atoms with Gasteiger partial charge in [-0.25, -0.2) is 4.39 Å². The van der Waals surface area contributed by atoms with Crippen molar-refractivity contribution in [1.82, 2.24) is 5.32 Å². The molecule has 3 heteroatoms. The average Bonchev–Trinajstić information content (AvgIpc) is 2.66. The van der Waals surface area contributed by atoms with Crippen molar-refractivity contribution < 1.29 is 4.39 Å². The van der Waals surface area contributed by atoms with E-state index >= 15 is 0 Å². The maximum Gasteiger partial charge on any atom is 0.126 e. The first-order valence-corrected chi connectivity index (χ1v) is 7.53. The number of nitrogens with one attached hydrogen (secondary N) is 1. The number of halogens is 1. The van der Waals surface area contributed by atoms with Crippen LogP contribution in [0.2, 0.25) is 0 Å². The Bertz CT molecular complexity index is 492. The topological polar surface area (TPSA) is 35.8 Å². The summed E-state index contributed by atoms with van der Waals surface area (Å²) in [5.41, 5.74) is 1.62. The van der Waals surface area contributed by atoms with E-state index in [0.717, 1.165) is 24.8 Å².